The molecule has 2 fully saturated rings. The van der Waals surface area contributed by atoms with Crippen LogP contribution in [0.3, 0.4) is 0 Å². The zero-order valence-electron chi connectivity index (χ0n) is 12.6. The molecule has 1 unspecified atom stereocenters. The van der Waals surface area contributed by atoms with E-state index in [1.807, 2.05) is 19.1 Å². The zero-order chi connectivity index (χ0) is 14.8. The standard InChI is InChI=1S/C16H24N4O/c1-11-4-7-14(15(17)21)16(19-11)20(9-12-5-6-12)10-13-3-2-8-18-13/h4,7,12-13,18H,2-3,5-6,8-10H2,1H3,(H2,17,21). The molecule has 1 atom stereocenters. The average Bonchev–Trinajstić information content (AvgIpc) is 3.11. The first-order valence-electron chi connectivity index (χ1n) is 7.89. The summed E-state index contributed by atoms with van der Waals surface area (Å²) in [7, 11) is 0. The fourth-order valence-corrected chi connectivity index (χ4v) is 3.01. The minimum absolute atomic E-state index is 0.391. The minimum atomic E-state index is -0.391. The number of rotatable bonds is 6. The van der Waals surface area contributed by atoms with Crippen molar-refractivity contribution in [2.24, 2.45) is 11.7 Å². The number of nitrogens with two attached hydrogens (primary N) is 1. The Balaban J connectivity index is 1.86. The van der Waals surface area contributed by atoms with Crippen LogP contribution in [0, 0.1) is 12.8 Å². The topological polar surface area (TPSA) is 71.2 Å². The van der Waals surface area contributed by atoms with Gasteiger partial charge >= 0.3 is 0 Å². The van der Waals surface area contributed by atoms with Crippen LogP contribution in [-0.2, 0) is 0 Å². The van der Waals surface area contributed by atoms with Crippen LogP contribution in [0.2, 0.25) is 0 Å². The fraction of sp³-hybridized carbons (Fsp3) is 0.625. The Bertz CT molecular complexity index is 521. The molecule has 1 aromatic rings. The van der Waals surface area contributed by atoms with E-state index in [1.54, 1.807) is 0 Å². The zero-order valence-corrected chi connectivity index (χ0v) is 12.6. The average molecular weight is 288 g/mol. The Morgan fingerprint density at radius 2 is 2.19 bits per heavy atom. The summed E-state index contributed by atoms with van der Waals surface area (Å²) < 4.78 is 0. The second-order valence-electron chi connectivity index (χ2n) is 6.33. The van der Waals surface area contributed by atoms with Crippen molar-refractivity contribution in [3.05, 3.63) is 23.4 Å². The lowest BCUT2D eigenvalue weighted by Gasteiger charge is -2.28. The van der Waals surface area contributed by atoms with Crippen molar-refractivity contribution >= 4 is 11.7 Å². The largest absolute Gasteiger partial charge is 0.365 e. The summed E-state index contributed by atoms with van der Waals surface area (Å²) in [5, 5.41) is 3.53. The van der Waals surface area contributed by atoms with Gasteiger partial charge in [0.05, 0.1) is 5.56 Å². The Morgan fingerprint density at radius 1 is 1.38 bits per heavy atom. The number of aromatic nitrogens is 1. The van der Waals surface area contributed by atoms with E-state index in [-0.39, 0.29) is 0 Å². The first kappa shape index (κ1) is 14.3. The van der Waals surface area contributed by atoms with Crippen LogP contribution < -0.4 is 16.0 Å². The van der Waals surface area contributed by atoms with Gasteiger partial charge in [-0.2, -0.15) is 0 Å². The molecule has 1 saturated heterocycles. The van der Waals surface area contributed by atoms with E-state index in [1.165, 1.54) is 25.7 Å². The summed E-state index contributed by atoms with van der Waals surface area (Å²) in [6, 6.07) is 4.15. The minimum Gasteiger partial charge on any atom is -0.365 e. The normalized spacial score (nSPS) is 21.5. The van der Waals surface area contributed by atoms with Crippen molar-refractivity contribution in [3.8, 4) is 0 Å². The van der Waals surface area contributed by atoms with Gasteiger partial charge < -0.3 is 16.0 Å². The maximum Gasteiger partial charge on any atom is 0.252 e. The predicted molar refractivity (Wildman–Crippen MR) is 83.5 cm³/mol. The number of pyridine rings is 1. The molecule has 21 heavy (non-hydrogen) atoms. The Morgan fingerprint density at radius 3 is 2.81 bits per heavy atom. The molecule has 3 rings (SSSR count). The van der Waals surface area contributed by atoms with E-state index in [2.05, 4.69) is 15.2 Å². The number of carbonyl (C=O) groups is 1. The lowest BCUT2D eigenvalue weighted by Crippen LogP contribution is -2.40. The van der Waals surface area contributed by atoms with Gasteiger partial charge in [-0.3, -0.25) is 4.79 Å². The Hall–Kier alpha value is -1.62. The van der Waals surface area contributed by atoms with Gasteiger partial charge in [0, 0.05) is 24.8 Å². The van der Waals surface area contributed by atoms with Crippen molar-refractivity contribution in [3.63, 3.8) is 0 Å². The first-order chi connectivity index (χ1) is 10.1. The van der Waals surface area contributed by atoms with Gasteiger partial charge in [0.2, 0.25) is 0 Å². The summed E-state index contributed by atoms with van der Waals surface area (Å²) in [5.41, 5.74) is 7.00. The third-order valence-corrected chi connectivity index (χ3v) is 4.36. The second-order valence-corrected chi connectivity index (χ2v) is 6.33. The highest BCUT2D eigenvalue weighted by molar-refractivity contribution is 5.97. The molecular formula is C16H24N4O. The molecule has 0 bridgehead atoms. The molecule has 0 radical (unpaired) electrons. The van der Waals surface area contributed by atoms with Crippen molar-refractivity contribution < 1.29 is 4.79 Å². The maximum absolute atomic E-state index is 11.7. The summed E-state index contributed by atoms with van der Waals surface area (Å²) in [6.45, 7) is 4.94. The van der Waals surface area contributed by atoms with Crippen LogP contribution >= 0.6 is 0 Å². The van der Waals surface area contributed by atoms with Gasteiger partial charge in [-0.25, -0.2) is 4.98 Å². The molecule has 1 aliphatic carbocycles. The molecule has 0 aromatic carbocycles. The molecule has 2 heterocycles. The quantitative estimate of drug-likeness (QED) is 0.831. The lowest BCUT2D eigenvalue weighted by atomic mass is 10.1. The number of carbonyl (C=O) groups excluding carboxylic acids is 1. The monoisotopic (exact) mass is 288 g/mol. The van der Waals surface area contributed by atoms with E-state index in [9.17, 15) is 4.79 Å². The van der Waals surface area contributed by atoms with Gasteiger partial charge in [-0.1, -0.05) is 0 Å². The third kappa shape index (κ3) is 3.53. The molecule has 3 N–H and O–H groups in total. The van der Waals surface area contributed by atoms with Crippen LogP contribution in [0.4, 0.5) is 5.82 Å². The van der Waals surface area contributed by atoms with Gasteiger partial charge in [-0.05, 0) is 57.2 Å². The summed E-state index contributed by atoms with van der Waals surface area (Å²) >= 11 is 0. The number of primary amides is 1. The lowest BCUT2D eigenvalue weighted by molar-refractivity contribution is 0.100. The molecule has 5 heteroatoms. The second kappa shape index (κ2) is 6.02. The highest BCUT2D eigenvalue weighted by Gasteiger charge is 2.29. The summed E-state index contributed by atoms with van der Waals surface area (Å²) in [4.78, 5) is 18.6. The summed E-state index contributed by atoms with van der Waals surface area (Å²) in [6.07, 6.45) is 4.99. The molecule has 2 aliphatic rings. The molecule has 0 spiro atoms. The van der Waals surface area contributed by atoms with Gasteiger partial charge in [0.15, 0.2) is 0 Å². The van der Waals surface area contributed by atoms with Crippen LogP contribution in [0.5, 0.6) is 0 Å². The van der Waals surface area contributed by atoms with Crippen LogP contribution in [-0.4, -0.2) is 36.6 Å². The number of hydrogen-bond acceptors (Lipinski definition) is 4. The molecule has 5 nitrogen and oxygen atoms in total. The predicted octanol–water partition coefficient (Wildman–Crippen LogP) is 1.46. The molecule has 114 valence electrons. The van der Waals surface area contributed by atoms with Crippen LogP contribution in [0.1, 0.15) is 41.7 Å². The van der Waals surface area contributed by atoms with Gasteiger partial charge in [0.1, 0.15) is 5.82 Å². The molecule has 1 aliphatic heterocycles. The van der Waals surface area contributed by atoms with Gasteiger partial charge in [0.25, 0.3) is 5.91 Å². The Labute approximate surface area is 125 Å². The number of nitrogens with one attached hydrogen (secondary N) is 1. The molecule has 1 aromatic heterocycles. The summed E-state index contributed by atoms with van der Waals surface area (Å²) in [5.74, 6) is 1.12. The van der Waals surface area contributed by atoms with Crippen molar-refractivity contribution in [1.82, 2.24) is 10.3 Å². The number of amides is 1. The van der Waals surface area contributed by atoms with E-state index in [0.29, 0.717) is 11.6 Å². The number of anilines is 1. The van der Waals surface area contributed by atoms with E-state index < -0.39 is 5.91 Å². The van der Waals surface area contributed by atoms with Crippen molar-refractivity contribution in [2.75, 3.05) is 24.5 Å². The van der Waals surface area contributed by atoms with E-state index in [0.717, 1.165) is 37.1 Å². The van der Waals surface area contributed by atoms with Crippen LogP contribution in [0.15, 0.2) is 12.1 Å². The number of nitrogens with zero attached hydrogens (tertiary/aromatic N) is 2. The molecule has 1 saturated carbocycles. The maximum atomic E-state index is 11.7. The van der Waals surface area contributed by atoms with E-state index >= 15 is 0 Å². The highest BCUT2D eigenvalue weighted by atomic mass is 16.1. The first-order valence-corrected chi connectivity index (χ1v) is 7.89. The highest BCUT2D eigenvalue weighted by Crippen LogP contribution is 2.32. The Kier molecular flexibility index (Phi) is 4.10. The third-order valence-electron chi connectivity index (χ3n) is 4.36. The SMILES string of the molecule is Cc1ccc(C(N)=O)c(N(CC2CC2)CC2CCCN2)n1. The molecular weight excluding hydrogens is 264 g/mol. The molecule has 1 amide bonds. The number of aryl methyl sites for hydroxylation is 1. The van der Waals surface area contributed by atoms with Crippen LogP contribution in [0.25, 0.3) is 0 Å². The fourth-order valence-electron chi connectivity index (χ4n) is 3.01. The van der Waals surface area contributed by atoms with Crippen molar-refractivity contribution in [2.45, 2.75) is 38.6 Å². The van der Waals surface area contributed by atoms with E-state index in [4.69, 9.17) is 5.73 Å². The van der Waals surface area contributed by atoms with Crippen molar-refractivity contribution in [1.29, 1.82) is 0 Å². The smallest absolute Gasteiger partial charge is 0.252 e. The number of hydrogen-bond donors (Lipinski definition) is 2. The van der Waals surface area contributed by atoms with Gasteiger partial charge in [-0.15, -0.1) is 0 Å².